The first-order chi connectivity index (χ1) is 13.1. The van der Waals surface area contributed by atoms with Gasteiger partial charge in [-0.05, 0) is 59.5 Å². The number of fused-ring (bicyclic) bond motifs is 1. The van der Waals surface area contributed by atoms with Crippen molar-refractivity contribution >= 4 is 23.0 Å². The first-order valence-electron chi connectivity index (χ1n) is 8.65. The Bertz CT molecular complexity index is 1040. The van der Waals surface area contributed by atoms with Gasteiger partial charge in [0.2, 0.25) is 0 Å². The van der Waals surface area contributed by atoms with Crippen molar-refractivity contribution in [3.63, 3.8) is 0 Å². The first kappa shape index (κ1) is 16.8. The molecule has 1 N–H and O–H groups in total. The van der Waals surface area contributed by atoms with E-state index in [1.165, 1.54) is 0 Å². The van der Waals surface area contributed by atoms with Crippen LogP contribution in [0.25, 0.3) is 5.57 Å². The fourth-order valence-electron chi connectivity index (χ4n) is 3.22. The van der Waals surface area contributed by atoms with Crippen molar-refractivity contribution in [3.8, 4) is 0 Å². The third-order valence-corrected chi connectivity index (χ3v) is 4.64. The molecule has 1 aliphatic heterocycles. The van der Waals surface area contributed by atoms with Crippen LogP contribution in [-0.4, -0.2) is 16.1 Å². The number of benzene rings is 2. The molecular formula is C23H18N2O2. The zero-order valence-electron chi connectivity index (χ0n) is 14.7. The highest BCUT2D eigenvalue weighted by Gasteiger charge is 2.23. The Morgan fingerprint density at radius 3 is 2.44 bits per heavy atom. The molecule has 0 radical (unpaired) electrons. The summed E-state index contributed by atoms with van der Waals surface area (Å²) in [6, 6.07) is 21.0. The summed E-state index contributed by atoms with van der Waals surface area (Å²) < 4.78 is 0. The number of para-hydroxylation sites is 1. The summed E-state index contributed by atoms with van der Waals surface area (Å²) >= 11 is 0. The SMILES string of the molecule is C=C1C(Cc2ccc(C(=O)O)cc2)=CN(c2ccccc2)c2ncccc21. The minimum Gasteiger partial charge on any atom is -0.478 e. The van der Waals surface area contributed by atoms with Gasteiger partial charge < -0.3 is 10.0 Å². The summed E-state index contributed by atoms with van der Waals surface area (Å²) in [6.07, 6.45) is 4.51. The quantitative estimate of drug-likeness (QED) is 0.710. The lowest BCUT2D eigenvalue weighted by Gasteiger charge is -2.29. The minimum atomic E-state index is -0.918. The number of rotatable bonds is 4. The lowest BCUT2D eigenvalue weighted by Crippen LogP contribution is -2.18. The van der Waals surface area contributed by atoms with E-state index in [-0.39, 0.29) is 5.56 Å². The second kappa shape index (κ2) is 6.92. The van der Waals surface area contributed by atoms with Gasteiger partial charge in [0.25, 0.3) is 0 Å². The summed E-state index contributed by atoms with van der Waals surface area (Å²) in [5.74, 6) is -0.0585. The van der Waals surface area contributed by atoms with Crippen molar-refractivity contribution in [2.75, 3.05) is 4.90 Å². The van der Waals surface area contributed by atoms with Crippen LogP contribution in [-0.2, 0) is 6.42 Å². The average molecular weight is 354 g/mol. The lowest BCUT2D eigenvalue weighted by molar-refractivity contribution is 0.0697. The van der Waals surface area contributed by atoms with Gasteiger partial charge in [-0.1, -0.05) is 36.9 Å². The number of carboxylic acids is 1. The topological polar surface area (TPSA) is 53.4 Å². The summed E-state index contributed by atoms with van der Waals surface area (Å²) in [5, 5.41) is 9.07. The number of pyridine rings is 1. The van der Waals surface area contributed by atoms with Crippen LogP contribution in [0.2, 0.25) is 0 Å². The van der Waals surface area contributed by atoms with E-state index in [1.54, 1.807) is 18.3 Å². The molecule has 4 heteroatoms. The molecule has 0 unspecified atom stereocenters. The van der Waals surface area contributed by atoms with E-state index in [1.807, 2.05) is 54.6 Å². The number of hydrogen-bond acceptors (Lipinski definition) is 3. The largest absolute Gasteiger partial charge is 0.478 e. The Balaban J connectivity index is 1.72. The summed E-state index contributed by atoms with van der Waals surface area (Å²) in [7, 11) is 0. The van der Waals surface area contributed by atoms with Crippen molar-refractivity contribution in [2.24, 2.45) is 0 Å². The Labute approximate surface area is 157 Å². The molecule has 2 heterocycles. The molecule has 2 aromatic carbocycles. The molecule has 27 heavy (non-hydrogen) atoms. The molecule has 0 aliphatic carbocycles. The first-order valence-corrected chi connectivity index (χ1v) is 8.65. The molecular weight excluding hydrogens is 336 g/mol. The number of hydrogen-bond donors (Lipinski definition) is 1. The maximum Gasteiger partial charge on any atom is 0.335 e. The second-order valence-electron chi connectivity index (χ2n) is 6.39. The second-order valence-corrected chi connectivity index (χ2v) is 6.39. The van der Waals surface area contributed by atoms with Crippen LogP contribution in [0.5, 0.6) is 0 Å². The Morgan fingerprint density at radius 2 is 1.74 bits per heavy atom. The van der Waals surface area contributed by atoms with Crippen LogP contribution in [0, 0.1) is 0 Å². The van der Waals surface area contributed by atoms with Gasteiger partial charge in [-0.2, -0.15) is 0 Å². The van der Waals surface area contributed by atoms with Gasteiger partial charge in [-0.3, -0.25) is 0 Å². The molecule has 4 rings (SSSR count). The van der Waals surface area contributed by atoms with Crippen molar-refractivity contribution in [1.82, 2.24) is 4.98 Å². The molecule has 0 atom stereocenters. The normalized spacial score (nSPS) is 13.1. The van der Waals surface area contributed by atoms with E-state index in [9.17, 15) is 4.79 Å². The van der Waals surface area contributed by atoms with Crippen molar-refractivity contribution in [3.05, 3.63) is 108 Å². The molecule has 0 amide bonds. The number of nitrogens with zero attached hydrogens (tertiary/aromatic N) is 2. The smallest absolute Gasteiger partial charge is 0.335 e. The highest BCUT2D eigenvalue weighted by molar-refractivity contribution is 5.90. The predicted octanol–water partition coefficient (Wildman–Crippen LogP) is 5.07. The van der Waals surface area contributed by atoms with Gasteiger partial charge in [0.05, 0.1) is 5.56 Å². The van der Waals surface area contributed by atoms with Crippen molar-refractivity contribution in [2.45, 2.75) is 6.42 Å². The Kier molecular flexibility index (Phi) is 4.30. The van der Waals surface area contributed by atoms with E-state index in [2.05, 4.69) is 22.7 Å². The van der Waals surface area contributed by atoms with Crippen molar-refractivity contribution < 1.29 is 9.90 Å². The number of anilines is 2. The summed E-state index contributed by atoms with van der Waals surface area (Å²) in [4.78, 5) is 17.7. The average Bonchev–Trinajstić information content (AvgIpc) is 2.71. The maximum absolute atomic E-state index is 11.1. The molecule has 0 bridgehead atoms. The number of carboxylic acid groups (broad SMARTS) is 1. The van der Waals surface area contributed by atoms with Crippen LogP contribution in [0.4, 0.5) is 11.5 Å². The highest BCUT2D eigenvalue weighted by atomic mass is 16.4. The molecule has 132 valence electrons. The van der Waals surface area contributed by atoms with Gasteiger partial charge in [0.1, 0.15) is 5.82 Å². The van der Waals surface area contributed by atoms with E-state index in [0.29, 0.717) is 6.42 Å². The molecule has 0 spiro atoms. The highest BCUT2D eigenvalue weighted by Crippen LogP contribution is 2.39. The van der Waals surface area contributed by atoms with Gasteiger partial charge in [-0.15, -0.1) is 0 Å². The Hall–Kier alpha value is -3.66. The number of aromatic carboxylic acids is 1. The van der Waals surface area contributed by atoms with Crippen molar-refractivity contribution in [1.29, 1.82) is 0 Å². The van der Waals surface area contributed by atoms with Crippen LogP contribution in [0.3, 0.4) is 0 Å². The van der Waals surface area contributed by atoms with E-state index in [4.69, 9.17) is 5.11 Å². The molecule has 1 aliphatic rings. The summed E-state index contributed by atoms with van der Waals surface area (Å²) in [6.45, 7) is 4.28. The molecule has 4 nitrogen and oxygen atoms in total. The van der Waals surface area contributed by atoms with Gasteiger partial charge in [-0.25, -0.2) is 9.78 Å². The number of allylic oxidation sites excluding steroid dienone is 2. The number of carbonyl (C=O) groups is 1. The van der Waals surface area contributed by atoms with Crippen LogP contribution in [0.1, 0.15) is 21.5 Å². The molecule has 1 aromatic heterocycles. The molecule has 3 aromatic rings. The maximum atomic E-state index is 11.1. The van der Waals surface area contributed by atoms with E-state index in [0.717, 1.165) is 33.8 Å². The number of aromatic nitrogens is 1. The van der Waals surface area contributed by atoms with Crippen LogP contribution in [0.15, 0.2) is 91.3 Å². The lowest BCUT2D eigenvalue weighted by atomic mass is 9.92. The minimum absolute atomic E-state index is 0.288. The van der Waals surface area contributed by atoms with Crippen LogP contribution < -0.4 is 4.90 Å². The summed E-state index contributed by atoms with van der Waals surface area (Å²) in [5.41, 5.74) is 5.36. The van der Waals surface area contributed by atoms with Crippen LogP contribution >= 0.6 is 0 Å². The van der Waals surface area contributed by atoms with E-state index < -0.39 is 5.97 Å². The molecule has 0 saturated heterocycles. The fourth-order valence-corrected chi connectivity index (χ4v) is 3.22. The van der Waals surface area contributed by atoms with Gasteiger partial charge in [0, 0.05) is 23.6 Å². The zero-order valence-corrected chi connectivity index (χ0v) is 14.7. The monoisotopic (exact) mass is 354 g/mol. The molecule has 0 saturated carbocycles. The van der Waals surface area contributed by atoms with Gasteiger partial charge in [0.15, 0.2) is 0 Å². The predicted molar refractivity (Wildman–Crippen MR) is 107 cm³/mol. The zero-order chi connectivity index (χ0) is 18.8. The fraction of sp³-hybridized carbons (Fsp3) is 0.0435. The van der Waals surface area contributed by atoms with Gasteiger partial charge >= 0.3 is 5.97 Å². The third-order valence-electron chi connectivity index (χ3n) is 4.64. The standard InChI is InChI=1S/C23H18N2O2/c1-16-19(14-17-9-11-18(12-10-17)23(26)27)15-25(20-6-3-2-4-7-20)22-21(16)8-5-13-24-22/h2-13,15H,1,14H2,(H,26,27). The third kappa shape index (κ3) is 3.25. The molecule has 0 fully saturated rings. The Morgan fingerprint density at radius 1 is 1.00 bits per heavy atom. The van der Waals surface area contributed by atoms with E-state index >= 15 is 0 Å².